The number of aromatic hydroxyl groups is 1. The number of rotatable bonds is 4. The molecular formula is C21H32O3. The number of unbranched alkanes of at least 4 members (excludes halogenated alkanes) is 1. The summed E-state index contributed by atoms with van der Waals surface area (Å²) in [5, 5.41) is 21.1. The highest BCUT2D eigenvalue weighted by Crippen LogP contribution is 2.55. The number of hydrogen-bond donors (Lipinski definition) is 2. The van der Waals surface area contributed by atoms with Crippen LogP contribution < -0.4 is 4.74 Å². The van der Waals surface area contributed by atoms with E-state index in [9.17, 15) is 10.2 Å². The van der Waals surface area contributed by atoms with Gasteiger partial charge >= 0.3 is 0 Å². The van der Waals surface area contributed by atoms with Crippen molar-refractivity contribution in [2.24, 2.45) is 11.8 Å². The maximum absolute atomic E-state index is 10.7. The van der Waals surface area contributed by atoms with Gasteiger partial charge in [0.05, 0.1) is 6.10 Å². The average molecular weight is 332 g/mol. The van der Waals surface area contributed by atoms with Gasteiger partial charge in [-0.3, -0.25) is 0 Å². The average Bonchev–Trinajstić information content (AvgIpc) is 2.50. The first kappa shape index (κ1) is 17.6. The predicted octanol–water partition coefficient (Wildman–Crippen LogP) is 5.31. The summed E-state index contributed by atoms with van der Waals surface area (Å²) in [6.07, 6.45) is 5.72. The molecule has 24 heavy (non-hydrogen) atoms. The maximum atomic E-state index is 10.7. The van der Waals surface area contributed by atoms with Crippen LogP contribution in [0.1, 0.15) is 89.4 Å². The summed E-state index contributed by atoms with van der Waals surface area (Å²) in [4.78, 5) is 0. The first-order chi connectivity index (χ1) is 11.3. The van der Waals surface area contributed by atoms with Gasteiger partial charge in [0.25, 0.3) is 0 Å². The number of aliphatic hydroxyl groups excluding tert-OH is 1. The maximum Gasteiger partial charge on any atom is 0.127 e. The fourth-order valence-corrected chi connectivity index (χ4v) is 4.74. The third kappa shape index (κ3) is 3.15. The fourth-order valence-electron chi connectivity index (χ4n) is 4.74. The van der Waals surface area contributed by atoms with Crippen molar-refractivity contribution < 1.29 is 14.9 Å². The Morgan fingerprint density at radius 1 is 1.29 bits per heavy atom. The number of benzene rings is 1. The molecule has 3 nitrogen and oxygen atoms in total. The minimum atomic E-state index is -0.532. The smallest absolute Gasteiger partial charge is 0.127 e. The van der Waals surface area contributed by atoms with Gasteiger partial charge in [0, 0.05) is 11.5 Å². The Kier molecular flexibility index (Phi) is 4.83. The van der Waals surface area contributed by atoms with Gasteiger partial charge < -0.3 is 14.9 Å². The van der Waals surface area contributed by atoms with Gasteiger partial charge in [-0.1, -0.05) is 33.1 Å². The van der Waals surface area contributed by atoms with Gasteiger partial charge in [0.15, 0.2) is 0 Å². The summed E-state index contributed by atoms with van der Waals surface area (Å²) < 4.78 is 6.33. The highest BCUT2D eigenvalue weighted by Gasteiger charge is 2.47. The molecule has 0 aromatic heterocycles. The normalized spacial score (nSPS) is 29.3. The molecule has 0 amide bonds. The monoisotopic (exact) mass is 332 g/mol. The zero-order chi connectivity index (χ0) is 17.5. The highest BCUT2D eigenvalue weighted by atomic mass is 16.5. The van der Waals surface area contributed by atoms with Crippen LogP contribution in [0, 0.1) is 11.8 Å². The summed E-state index contributed by atoms with van der Waals surface area (Å²) in [5.41, 5.74) is 1.52. The molecule has 3 heteroatoms. The summed E-state index contributed by atoms with van der Waals surface area (Å²) in [6, 6.07) is 3.73. The molecule has 1 heterocycles. The van der Waals surface area contributed by atoms with E-state index in [1.807, 2.05) is 6.07 Å². The molecule has 2 N–H and O–H groups in total. The SMILES string of the molecule is CCCCC(O)c1cc(O)c2c(c1)OC(C)(C)[C@@H]1CC[C@@H](C)C[C@@H]21. The fraction of sp³-hybridized carbons (Fsp3) is 0.714. The van der Waals surface area contributed by atoms with Gasteiger partial charge in [-0.05, 0) is 62.6 Å². The number of phenols is 1. The molecule has 1 aromatic rings. The molecule has 2 aliphatic rings. The van der Waals surface area contributed by atoms with Crippen LogP contribution >= 0.6 is 0 Å². The van der Waals surface area contributed by atoms with Crippen molar-refractivity contribution in [2.75, 3.05) is 0 Å². The number of aliphatic hydroxyl groups is 1. The van der Waals surface area contributed by atoms with Gasteiger partial charge in [-0.15, -0.1) is 0 Å². The topological polar surface area (TPSA) is 49.7 Å². The second kappa shape index (κ2) is 6.59. The molecule has 0 radical (unpaired) electrons. The Bertz CT molecular complexity index is 593. The van der Waals surface area contributed by atoms with Crippen LogP contribution in [0.25, 0.3) is 0 Å². The van der Waals surface area contributed by atoms with E-state index < -0.39 is 6.10 Å². The third-order valence-electron chi connectivity index (χ3n) is 6.11. The Labute approximate surface area is 146 Å². The lowest BCUT2D eigenvalue weighted by Gasteiger charge is -2.49. The summed E-state index contributed by atoms with van der Waals surface area (Å²) in [7, 11) is 0. The molecule has 1 aliphatic carbocycles. The van der Waals surface area contributed by atoms with E-state index >= 15 is 0 Å². The van der Waals surface area contributed by atoms with Crippen LogP contribution in [-0.4, -0.2) is 15.8 Å². The number of ether oxygens (including phenoxy) is 1. The van der Waals surface area contributed by atoms with Crippen LogP contribution in [0.15, 0.2) is 12.1 Å². The highest BCUT2D eigenvalue weighted by molar-refractivity contribution is 5.52. The van der Waals surface area contributed by atoms with Crippen LogP contribution in [0.4, 0.5) is 0 Å². The van der Waals surface area contributed by atoms with Gasteiger partial charge in [-0.25, -0.2) is 0 Å². The lowest BCUT2D eigenvalue weighted by atomic mass is 9.64. The second-order valence-electron chi connectivity index (χ2n) is 8.45. The van der Waals surface area contributed by atoms with E-state index in [1.165, 1.54) is 6.42 Å². The van der Waals surface area contributed by atoms with E-state index in [0.717, 1.165) is 49.0 Å². The first-order valence-electron chi connectivity index (χ1n) is 9.57. The van der Waals surface area contributed by atoms with Crippen molar-refractivity contribution in [3.63, 3.8) is 0 Å². The lowest BCUT2D eigenvalue weighted by Crippen LogP contribution is -2.46. The molecule has 1 unspecified atom stereocenters. The molecule has 0 bridgehead atoms. The Morgan fingerprint density at radius 2 is 2.04 bits per heavy atom. The van der Waals surface area contributed by atoms with Gasteiger partial charge in [0.2, 0.25) is 0 Å². The largest absolute Gasteiger partial charge is 0.508 e. The molecule has 4 atom stereocenters. The van der Waals surface area contributed by atoms with E-state index in [0.29, 0.717) is 23.5 Å². The zero-order valence-corrected chi connectivity index (χ0v) is 15.5. The number of hydrogen-bond acceptors (Lipinski definition) is 3. The molecule has 1 aliphatic heterocycles. The minimum absolute atomic E-state index is 0.225. The van der Waals surface area contributed by atoms with Crippen LogP contribution in [0.5, 0.6) is 11.5 Å². The molecule has 3 rings (SSSR count). The van der Waals surface area contributed by atoms with Crippen LogP contribution in [0.2, 0.25) is 0 Å². The van der Waals surface area contributed by atoms with E-state index in [1.54, 1.807) is 6.07 Å². The van der Waals surface area contributed by atoms with E-state index in [2.05, 4.69) is 27.7 Å². The van der Waals surface area contributed by atoms with Crippen molar-refractivity contribution in [2.45, 2.75) is 83.8 Å². The second-order valence-corrected chi connectivity index (χ2v) is 8.45. The molecule has 1 fully saturated rings. The lowest BCUT2D eigenvalue weighted by molar-refractivity contribution is -0.0148. The quantitative estimate of drug-likeness (QED) is 0.786. The van der Waals surface area contributed by atoms with Gasteiger partial charge in [0.1, 0.15) is 17.1 Å². The van der Waals surface area contributed by atoms with Crippen molar-refractivity contribution in [1.29, 1.82) is 0 Å². The summed E-state index contributed by atoms with van der Waals surface area (Å²) >= 11 is 0. The standard InChI is InChI=1S/C21H32O3/c1-5-6-7-17(22)14-11-18(23)20-15-10-13(2)8-9-16(15)21(3,4)24-19(20)12-14/h11-13,15-17,22-23H,5-10H2,1-4H3/t13-,15-,16-,17?/m1/s1. The molecule has 134 valence electrons. The van der Waals surface area contributed by atoms with E-state index in [4.69, 9.17) is 4.74 Å². The first-order valence-corrected chi connectivity index (χ1v) is 9.57. The molecule has 0 spiro atoms. The Morgan fingerprint density at radius 3 is 2.75 bits per heavy atom. The van der Waals surface area contributed by atoms with Crippen molar-refractivity contribution in [3.8, 4) is 11.5 Å². The molecule has 1 saturated carbocycles. The zero-order valence-electron chi connectivity index (χ0n) is 15.5. The predicted molar refractivity (Wildman–Crippen MR) is 96.5 cm³/mol. The van der Waals surface area contributed by atoms with E-state index in [-0.39, 0.29) is 5.60 Å². The Hall–Kier alpha value is -1.22. The van der Waals surface area contributed by atoms with Crippen molar-refractivity contribution in [3.05, 3.63) is 23.3 Å². The van der Waals surface area contributed by atoms with Crippen LogP contribution in [-0.2, 0) is 0 Å². The summed E-state index contributed by atoms with van der Waals surface area (Å²) in [6.45, 7) is 8.76. The number of fused-ring (bicyclic) bond motifs is 3. The van der Waals surface area contributed by atoms with Crippen molar-refractivity contribution in [1.82, 2.24) is 0 Å². The van der Waals surface area contributed by atoms with Gasteiger partial charge in [-0.2, -0.15) is 0 Å². The van der Waals surface area contributed by atoms with Crippen LogP contribution in [0.3, 0.4) is 0 Å². The molecular weight excluding hydrogens is 300 g/mol. The molecule has 1 aromatic carbocycles. The summed E-state index contributed by atoms with van der Waals surface area (Å²) in [5.74, 6) is 2.57. The van der Waals surface area contributed by atoms with Crippen molar-refractivity contribution >= 4 is 0 Å². The Balaban J connectivity index is 1.98. The third-order valence-corrected chi connectivity index (χ3v) is 6.11. The molecule has 0 saturated heterocycles. The number of phenolic OH excluding ortho intramolecular Hbond substituents is 1. The minimum Gasteiger partial charge on any atom is -0.508 e.